The van der Waals surface area contributed by atoms with Gasteiger partial charge in [0.25, 0.3) is 0 Å². The molecule has 0 atom stereocenters. The number of nitrogens with zero attached hydrogens (tertiary/aromatic N) is 1. The number of amides is 1. The number of benzene rings is 2. The maximum absolute atomic E-state index is 11.8. The third kappa shape index (κ3) is 3.13. The molecule has 0 aliphatic heterocycles. The number of phenolic OH excluding ortho intramolecular Hbond substituents is 1. The maximum atomic E-state index is 11.8. The molecule has 0 fully saturated rings. The number of halogens is 1. The first kappa shape index (κ1) is 14.6. The van der Waals surface area contributed by atoms with Crippen molar-refractivity contribution in [1.29, 1.82) is 0 Å². The first-order chi connectivity index (χ1) is 10.6. The standard InChI is InChI=1S/C15H11ClN2O3S/c16-10-6-7-11(19)12-13(10)22-14(17-12)18-15(20)21-8-9-4-2-1-3-5-9/h1-7,19H,8H2,(H,17,18,20). The van der Waals surface area contributed by atoms with Crippen molar-refractivity contribution in [2.45, 2.75) is 6.61 Å². The van der Waals surface area contributed by atoms with Crippen LogP contribution in [0, 0.1) is 0 Å². The minimum Gasteiger partial charge on any atom is -0.506 e. The minimum absolute atomic E-state index is 0.0151. The van der Waals surface area contributed by atoms with Crippen LogP contribution in [0.2, 0.25) is 5.02 Å². The average Bonchev–Trinajstić information content (AvgIpc) is 2.95. The van der Waals surface area contributed by atoms with E-state index in [-0.39, 0.29) is 12.4 Å². The first-order valence-corrected chi connectivity index (χ1v) is 7.58. The summed E-state index contributed by atoms with van der Waals surface area (Å²) in [7, 11) is 0. The van der Waals surface area contributed by atoms with Crippen molar-refractivity contribution in [2.75, 3.05) is 5.32 Å². The third-order valence-electron chi connectivity index (χ3n) is 2.90. The number of rotatable bonds is 3. The van der Waals surface area contributed by atoms with Gasteiger partial charge in [0.2, 0.25) is 0 Å². The number of ether oxygens (including phenoxy) is 1. The number of phenols is 1. The number of anilines is 1. The van der Waals surface area contributed by atoms with Crippen LogP contribution in [-0.4, -0.2) is 16.2 Å². The Morgan fingerprint density at radius 1 is 1.27 bits per heavy atom. The van der Waals surface area contributed by atoms with E-state index in [1.807, 2.05) is 30.3 Å². The van der Waals surface area contributed by atoms with Gasteiger partial charge in [-0.2, -0.15) is 0 Å². The van der Waals surface area contributed by atoms with Gasteiger partial charge in [0, 0.05) is 0 Å². The Bertz CT molecular complexity index is 781. The second-order valence-corrected chi connectivity index (χ2v) is 5.86. The molecule has 0 saturated heterocycles. The van der Waals surface area contributed by atoms with Crippen molar-refractivity contribution < 1.29 is 14.6 Å². The molecule has 1 heterocycles. The predicted molar refractivity (Wildman–Crippen MR) is 86.5 cm³/mol. The molecule has 0 aliphatic carbocycles. The lowest BCUT2D eigenvalue weighted by Gasteiger charge is -2.04. The fraction of sp³-hybridized carbons (Fsp3) is 0.0667. The Kier molecular flexibility index (Phi) is 4.13. The highest BCUT2D eigenvalue weighted by Gasteiger charge is 2.13. The number of hydrogen-bond donors (Lipinski definition) is 2. The van der Waals surface area contributed by atoms with E-state index in [2.05, 4.69) is 10.3 Å². The van der Waals surface area contributed by atoms with Crippen LogP contribution in [0.1, 0.15) is 5.56 Å². The van der Waals surface area contributed by atoms with E-state index in [4.69, 9.17) is 16.3 Å². The molecule has 0 spiro atoms. The Morgan fingerprint density at radius 3 is 2.77 bits per heavy atom. The Balaban J connectivity index is 1.69. The summed E-state index contributed by atoms with van der Waals surface area (Å²) in [6, 6.07) is 12.4. The monoisotopic (exact) mass is 334 g/mol. The molecule has 0 aliphatic rings. The summed E-state index contributed by atoms with van der Waals surface area (Å²) in [5.41, 5.74) is 1.25. The summed E-state index contributed by atoms with van der Waals surface area (Å²) in [5, 5.41) is 13.1. The topological polar surface area (TPSA) is 71.5 Å². The third-order valence-corrected chi connectivity index (χ3v) is 4.33. The van der Waals surface area contributed by atoms with Crippen LogP contribution >= 0.6 is 22.9 Å². The molecule has 22 heavy (non-hydrogen) atoms. The summed E-state index contributed by atoms with van der Waals surface area (Å²) < 4.78 is 5.72. The van der Waals surface area contributed by atoms with E-state index in [1.54, 1.807) is 6.07 Å². The molecular weight excluding hydrogens is 324 g/mol. The molecule has 0 unspecified atom stereocenters. The van der Waals surface area contributed by atoms with Gasteiger partial charge in [-0.25, -0.2) is 9.78 Å². The van der Waals surface area contributed by atoms with Crippen LogP contribution in [0.25, 0.3) is 10.2 Å². The van der Waals surface area contributed by atoms with Gasteiger partial charge in [-0.3, -0.25) is 5.32 Å². The molecule has 112 valence electrons. The molecular formula is C15H11ClN2O3S. The lowest BCUT2D eigenvalue weighted by Crippen LogP contribution is -2.13. The van der Waals surface area contributed by atoms with Crippen LogP contribution in [0.5, 0.6) is 5.75 Å². The van der Waals surface area contributed by atoms with Gasteiger partial charge in [-0.1, -0.05) is 53.3 Å². The number of aromatic hydroxyl groups is 1. The second-order valence-electron chi connectivity index (χ2n) is 4.45. The average molecular weight is 335 g/mol. The predicted octanol–water partition coefficient (Wildman–Crippen LogP) is 4.40. The lowest BCUT2D eigenvalue weighted by molar-refractivity contribution is 0.155. The smallest absolute Gasteiger partial charge is 0.413 e. The number of carbonyl (C=O) groups excluding carboxylic acids is 1. The zero-order valence-electron chi connectivity index (χ0n) is 11.2. The molecule has 3 rings (SSSR count). The largest absolute Gasteiger partial charge is 0.506 e. The van der Waals surface area contributed by atoms with Gasteiger partial charge in [0.15, 0.2) is 5.13 Å². The highest BCUT2D eigenvalue weighted by molar-refractivity contribution is 7.23. The second kappa shape index (κ2) is 6.21. The number of thiazole rings is 1. The molecule has 2 aromatic carbocycles. The van der Waals surface area contributed by atoms with Crippen molar-refractivity contribution in [1.82, 2.24) is 4.98 Å². The van der Waals surface area contributed by atoms with E-state index in [9.17, 15) is 9.90 Å². The zero-order chi connectivity index (χ0) is 15.5. The Morgan fingerprint density at radius 2 is 2.05 bits per heavy atom. The summed E-state index contributed by atoms with van der Waals surface area (Å²) >= 11 is 7.21. The molecule has 7 heteroatoms. The van der Waals surface area contributed by atoms with E-state index in [0.717, 1.165) is 5.56 Å². The zero-order valence-corrected chi connectivity index (χ0v) is 12.8. The number of aromatic nitrogens is 1. The lowest BCUT2D eigenvalue weighted by atomic mass is 10.2. The molecule has 2 N–H and O–H groups in total. The number of carbonyl (C=O) groups is 1. The Hall–Kier alpha value is -2.31. The molecule has 5 nitrogen and oxygen atoms in total. The minimum atomic E-state index is -0.612. The van der Waals surface area contributed by atoms with Crippen LogP contribution < -0.4 is 5.32 Å². The number of hydrogen-bond acceptors (Lipinski definition) is 5. The molecule has 1 amide bonds. The molecule has 0 radical (unpaired) electrons. The normalized spacial score (nSPS) is 10.6. The van der Waals surface area contributed by atoms with Crippen LogP contribution in [0.15, 0.2) is 42.5 Å². The fourth-order valence-corrected chi connectivity index (χ4v) is 3.01. The van der Waals surface area contributed by atoms with Crippen LogP contribution in [0.3, 0.4) is 0 Å². The highest BCUT2D eigenvalue weighted by atomic mass is 35.5. The summed E-state index contributed by atoms with van der Waals surface area (Å²) in [5.74, 6) is 0.0151. The van der Waals surface area contributed by atoms with E-state index in [1.165, 1.54) is 17.4 Å². The van der Waals surface area contributed by atoms with Crippen molar-refractivity contribution in [2.24, 2.45) is 0 Å². The SMILES string of the molecule is O=C(Nc1nc2c(O)ccc(Cl)c2s1)OCc1ccccc1. The van der Waals surface area contributed by atoms with Gasteiger partial charge in [0.1, 0.15) is 17.9 Å². The van der Waals surface area contributed by atoms with Crippen molar-refractivity contribution in [3.8, 4) is 5.75 Å². The fourth-order valence-electron chi connectivity index (χ4n) is 1.86. The van der Waals surface area contributed by atoms with E-state index < -0.39 is 6.09 Å². The first-order valence-electron chi connectivity index (χ1n) is 6.39. The van der Waals surface area contributed by atoms with Gasteiger partial charge < -0.3 is 9.84 Å². The molecule has 3 aromatic rings. The van der Waals surface area contributed by atoms with Gasteiger partial charge >= 0.3 is 6.09 Å². The number of nitrogens with one attached hydrogen (secondary N) is 1. The summed E-state index contributed by atoms with van der Waals surface area (Å²) in [6.07, 6.45) is -0.612. The molecule has 1 aromatic heterocycles. The van der Waals surface area contributed by atoms with Gasteiger partial charge in [0.05, 0.1) is 9.72 Å². The highest BCUT2D eigenvalue weighted by Crippen LogP contribution is 2.36. The van der Waals surface area contributed by atoms with Crippen LogP contribution in [-0.2, 0) is 11.3 Å². The van der Waals surface area contributed by atoms with Crippen molar-refractivity contribution >= 4 is 44.4 Å². The molecule has 0 saturated carbocycles. The quantitative estimate of drug-likeness (QED) is 0.744. The summed E-state index contributed by atoms with van der Waals surface area (Å²) in [4.78, 5) is 15.9. The van der Waals surface area contributed by atoms with Crippen molar-refractivity contribution in [3.05, 3.63) is 53.1 Å². The Labute approximate surface area is 135 Å². The van der Waals surface area contributed by atoms with Gasteiger partial charge in [-0.05, 0) is 17.7 Å². The van der Waals surface area contributed by atoms with Gasteiger partial charge in [-0.15, -0.1) is 0 Å². The maximum Gasteiger partial charge on any atom is 0.413 e. The van der Waals surface area contributed by atoms with E-state index in [0.29, 0.717) is 20.4 Å². The molecule has 0 bridgehead atoms. The number of fused-ring (bicyclic) bond motifs is 1. The van der Waals surface area contributed by atoms with Crippen molar-refractivity contribution in [3.63, 3.8) is 0 Å². The summed E-state index contributed by atoms with van der Waals surface area (Å²) in [6.45, 7) is 0.170. The van der Waals surface area contributed by atoms with Crippen LogP contribution in [0.4, 0.5) is 9.93 Å². The van der Waals surface area contributed by atoms with E-state index >= 15 is 0 Å².